The van der Waals surface area contributed by atoms with E-state index in [0.29, 0.717) is 6.54 Å². The van der Waals surface area contributed by atoms with Crippen LogP contribution in [0, 0.1) is 6.92 Å². The fourth-order valence-electron chi connectivity index (χ4n) is 1.36. The average Bonchev–Trinajstić information content (AvgIpc) is 2.33. The lowest BCUT2D eigenvalue weighted by Crippen LogP contribution is -2.30. The normalized spacial score (nSPS) is 10.2. The third kappa shape index (κ3) is 2.60. The SMILES string of the molecule is Cc1ccc(CNc2nncc(=O)n2N)cc1. The zero-order valence-electron chi connectivity index (χ0n) is 9.42. The Morgan fingerprint density at radius 3 is 2.76 bits per heavy atom. The van der Waals surface area contributed by atoms with Gasteiger partial charge in [-0.15, -0.1) is 10.2 Å². The van der Waals surface area contributed by atoms with Crippen LogP contribution in [0.1, 0.15) is 11.1 Å². The molecule has 3 N–H and O–H groups in total. The molecule has 0 aliphatic rings. The second-order valence-corrected chi connectivity index (χ2v) is 3.72. The lowest BCUT2D eigenvalue weighted by molar-refractivity contribution is 0.817. The molecule has 0 radical (unpaired) electrons. The summed E-state index contributed by atoms with van der Waals surface area (Å²) in [6.07, 6.45) is 1.07. The quantitative estimate of drug-likeness (QED) is 0.741. The van der Waals surface area contributed by atoms with E-state index >= 15 is 0 Å². The summed E-state index contributed by atoms with van der Waals surface area (Å²) in [4.78, 5) is 11.2. The Labute approximate surface area is 98.1 Å². The number of anilines is 1. The van der Waals surface area contributed by atoms with Gasteiger partial charge in [-0.3, -0.25) is 4.79 Å². The number of benzene rings is 1. The Morgan fingerprint density at radius 2 is 2.06 bits per heavy atom. The molecule has 88 valence electrons. The van der Waals surface area contributed by atoms with Crippen LogP contribution in [0.25, 0.3) is 0 Å². The molecule has 1 heterocycles. The van der Waals surface area contributed by atoms with Gasteiger partial charge < -0.3 is 11.2 Å². The van der Waals surface area contributed by atoms with Gasteiger partial charge >= 0.3 is 0 Å². The highest BCUT2D eigenvalue weighted by atomic mass is 16.1. The molecule has 0 saturated heterocycles. The molecule has 0 aliphatic heterocycles. The molecule has 1 aromatic carbocycles. The molecule has 0 atom stereocenters. The van der Waals surface area contributed by atoms with Crippen LogP contribution in [0.5, 0.6) is 0 Å². The number of hydrogen-bond acceptors (Lipinski definition) is 5. The van der Waals surface area contributed by atoms with Crippen LogP contribution in [0.2, 0.25) is 0 Å². The van der Waals surface area contributed by atoms with Gasteiger partial charge in [-0.05, 0) is 12.5 Å². The smallest absolute Gasteiger partial charge is 0.292 e. The summed E-state index contributed by atoms with van der Waals surface area (Å²) in [7, 11) is 0. The first-order valence-electron chi connectivity index (χ1n) is 5.16. The third-order valence-electron chi connectivity index (χ3n) is 2.36. The fourth-order valence-corrected chi connectivity index (χ4v) is 1.36. The summed E-state index contributed by atoms with van der Waals surface area (Å²) in [6.45, 7) is 2.56. The topological polar surface area (TPSA) is 85.8 Å². The van der Waals surface area contributed by atoms with Crippen molar-refractivity contribution in [2.75, 3.05) is 11.2 Å². The molecule has 2 aromatic rings. The van der Waals surface area contributed by atoms with E-state index in [1.54, 1.807) is 0 Å². The zero-order valence-corrected chi connectivity index (χ0v) is 9.42. The highest BCUT2D eigenvalue weighted by Gasteiger charge is 2.01. The van der Waals surface area contributed by atoms with Crippen molar-refractivity contribution < 1.29 is 0 Å². The number of nitrogen functional groups attached to an aromatic ring is 1. The van der Waals surface area contributed by atoms with Crippen molar-refractivity contribution in [3.05, 3.63) is 51.9 Å². The molecule has 0 saturated carbocycles. The van der Waals surface area contributed by atoms with E-state index in [4.69, 9.17) is 5.84 Å². The Bertz CT molecular complexity index is 561. The molecule has 0 bridgehead atoms. The molecule has 1 aromatic heterocycles. The molecular formula is C11H13N5O. The zero-order chi connectivity index (χ0) is 12.3. The maximum atomic E-state index is 11.2. The first-order valence-corrected chi connectivity index (χ1v) is 5.16. The maximum absolute atomic E-state index is 11.2. The van der Waals surface area contributed by atoms with Crippen molar-refractivity contribution in [3.63, 3.8) is 0 Å². The Kier molecular flexibility index (Phi) is 3.04. The molecule has 17 heavy (non-hydrogen) atoms. The largest absolute Gasteiger partial charge is 0.349 e. The molecule has 0 unspecified atom stereocenters. The summed E-state index contributed by atoms with van der Waals surface area (Å²) in [5.41, 5.74) is 1.88. The van der Waals surface area contributed by atoms with E-state index in [0.717, 1.165) is 16.4 Å². The van der Waals surface area contributed by atoms with Gasteiger partial charge in [0.25, 0.3) is 5.56 Å². The highest BCUT2D eigenvalue weighted by molar-refractivity contribution is 5.28. The van der Waals surface area contributed by atoms with Crippen LogP contribution in [0.3, 0.4) is 0 Å². The predicted molar refractivity (Wildman–Crippen MR) is 64.9 cm³/mol. The van der Waals surface area contributed by atoms with E-state index in [2.05, 4.69) is 15.5 Å². The maximum Gasteiger partial charge on any atom is 0.292 e. The van der Waals surface area contributed by atoms with Gasteiger partial charge in [0.2, 0.25) is 5.95 Å². The van der Waals surface area contributed by atoms with Crippen molar-refractivity contribution in [1.82, 2.24) is 14.9 Å². The second kappa shape index (κ2) is 4.65. The minimum atomic E-state index is -0.397. The van der Waals surface area contributed by atoms with Crippen LogP contribution < -0.4 is 16.7 Å². The number of aryl methyl sites for hydroxylation is 1. The van der Waals surface area contributed by atoms with Crippen LogP contribution >= 0.6 is 0 Å². The van der Waals surface area contributed by atoms with E-state index in [1.165, 1.54) is 5.56 Å². The highest BCUT2D eigenvalue weighted by Crippen LogP contribution is 2.04. The van der Waals surface area contributed by atoms with Crippen molar-refractivity contribution in [1.29, 1.82) is 0 Å². The lowest BCUT2D eigenvalue weighted by atomic mass is 10.1. The Hall–Kier alpha value is -2.37. The number of nitrogens with zero attached hydrogens (tertiary/aromatic N) is 3. The van der Waals surface area contributed by atoms with E-state index in [1.807, 2.05) is 31.2 Å². The molecule has 0 fully saturated rings. The van der Waals surface area contributed by atoms with Crippen molar-refractivity contribution >= 4 is 5.95 Å². The standard InChI is InChI=1S/C11H13N5O/c1-8-2-4-9(5-3-8)6-13-11-15-14-7-10(17)16(11)12/h2-5,7H,6,12H2,1H3,(H,13,15). The molecule has 6 nitrogen and oxygen atoms in total. The average molecular weight is 231 g/mol. The van der Waals surface area contributed by atoms with Crippen LogP contribution in [-0.2, 0) is 6.54 Å². The molecule has 0 spiro atoms. The molecule has 0 aliphatic carbocycles. The minimum absolute atomic E-state index is 0.248. The first-order chi connectivity index (χ1) is 8.16. The van der Waals surface area contributed by atoms with Crippen LogP contribution in [0.15, 0.2) is 35.3 Å². The summed E-state index contributed by atoms with van der Waals surface area (Å²) in [5.74, 6) is 5.76. The number of aromatic nitrogens is 3. The number of nitrogens with two attached hydrogens (primary N) is 1. The number of nitrogens with one attached hydrogen (secondary N) is 1. The minimum Gasteiger partial charge on any atom is -0.349 e. The van der Waals surface area contributed by atoms with E-state index in [-0.39, 0.29) is 5.95 Å². The molecule has 2 rings (SSSR count). The number of hydrogen-bond donors (Lipinski definition) is 2. The van der Waals surface area contributed by atoms with Gasteiger partial charge in [0.05, 0.1) is 0 Å². The predicted octanol–water partition coefficient (Wildman–Crippen LogP) is 0.273. The molecule has 0 amide bonds. The van der Waals surface area contributed by atoms with Gasteiger partial charge in [-0.2, -0.15) is 4.68 Å². The summed E-state index contributed by atoms with van der Waals surface area (Å²) >= 11 is 0. The van der Waals surface area contributed by atoms with E-state index < -0.39 is 5.56 Å². The van der Waals surface area contributed by atoms with Gasteiger partial charge in [0, 0.05) is 6.54 Å². The fraction of sp³-hybridized carbons (Fsp3) is 0.182. The van der Waals surface area contributed by atoms with Crippen LogP contribution in [0.4, 0.5) is 5.95 Å². The molecule has 6 heteroatoms. The Morgan fingerprint density at radius 1 is 1.35 bits per heavy atom. The number of rotatable bonds is 3. The van der Waals surface area contributed by atoms with Gasteiger partial charge in [-0.25, -0.2) is 0 Å². The van der Waals surface area contributed by atoms with Crippen LogP contribution in [-0.4, -0.2) is 14.9 Å². The van der Waals surface area contributed by atoms with Crippen molar-refractivity contribution in [2.24, 2.45) is 0 Å². The van der Waals surface area contributed by atoms with Gasteiger partial charge in [0.15, 0.2) is 0 Å². The third-order valence-corrected chi connectivity index (χ3v) is 2.36. The lowest BCUT2D eigenvalue weighted by Gasteiger charge is -2.07. The second-order valence-electron chi connectivity index (χ2n) is 3.72. The van der Waals surface area contributed by atoms with Gasteiger partial charge in [-0.1, -0.05) is 29.8 Å². The summed E-state index contributed by atoms with van der Waals surface area (Å²) in [6, 6.07) is 8.03. The summed E-state index contributed by atoms with van der Waals surface area (Å²) < 4.78 is 0.932. The van der Waals surface area contributed by atoms with Crippen molar-refractivity contribution in [2.45, 2.75) is 13.5 Å². The molecular weight excluding hydrogens is 218 g/mol. The van der Waals surface area contributed by atoms with Crippen molar-refractivity contribution in [3.8, 4) is 0 Å². The van der Waals surface area contributed by atoms with Gasteiger partial charge in [0.1, 0.15) is 6.20 Å². The summed E-state index contributed by atoms with van der Waals surface area (Å²) in [5, 5.41) is 10.2. The monoisotopic (exact) mass is 231 g/mol. The first kappa shape index (κ1) is 11.1. The Balaban J connectivity index is 2.10. The van der Waals surface area contributed by atoms with E-state index in [9.17, 15) is 4.79 Å².